The summed E-state index contributed by atoms with van der Waals surface area (Å²) in [7, 11) is -3.64. The van der Waals surface area contributed by atoms with Crippen LogP contribution in [-0.2, 0) is 10.0 Å². The first-order valence-corrected chi connectivity index (χ1v) is 9.95. The minimum Gasteiger partial charge on any atom is -0.322 e. The molecule has 0 spiro atoms. The zero-order chi connectivity index (χ0) is 18.7. The molecule has 1 heterocycles. The topological polar surface area (TPSA) is 75.3 Å². The Morgan fingerprint density at radius 1 is 1.08 bits per heavy atom. The number of carbonyl (C=O) groups is 1. The number of halogens is 1. The molecule has 3 rings (SSSR count). The molecule has 8 heteroatoms. The lowest BCUT2D eigenvalue weighted by atomic mass is 10.1. The average molecular weight is 390 g/mol. The standard InChI is InChI=1S/C18H15FN2O3S2/c1-12-4-7-14(19)11-16(12)20-18(22)13-5-8-15(9-6-13)21-26(23,24)17-3-2-10-25-17/h2-11,21H,1H3,(H,20,22). The fraction of sp³-hybridized carbons (Fsp3) is 0.0556. The molecule has 2 N–H and O–H groups in total. The van der Waals surface area contributed by atoms with Crippen molar-refractivity contribution >= 4 is 38.6 Å². The van der Waals surface area contributed by atoms with Crippen LogP contribution in [0.1, 0.15) is 15.9 Å². The maximum Gasteiger partial charge on any atom is 0.271 e. The number of amides is 1. The Morgan fingerprint density at radius 2 is 1.81 bits per heavy atom. The van der Waals surface area contributed by atoms with Crippen molar-refractivity contribution in [3.8, 4) is 0 Å². The second-order valence-electron chi connectivity index (χ2n) is 5.53. The second-order valence-corrected chi connectivity index (χ2v) is 8.39. The highest BCUT2D eigenvalue weighted by molar-refractivity contribution is 7.94. The molecule has 0 aliphatic carbocycles. The largest absolute Gasteiger partial charge is 0.322 e. The van der Waals surface area contributed by atoms with Gasteiger partial charge >= 0.3 is 0 Å². The van der Waals surface area contributed by atoms with E-state index in [1.807, 2.05) is 0 Å². The van der Waals surface area contributed by atoms with E-state index in [4.69, 9.17) is 0 Å². The van der Waals surface area contributed by atoms with Crippen LogP contribution >= 0.6 is 11.3 Å². The number of thiophene rings is 1. The van der Waals surface area contributed by atoms with Crippen molar-refractivity contribution in [1.29, 1.82) is 0 Å². The molecular weight excluding hydrogens is 375 g/mol. The van der Waals surface area contributed by atoms with Gasteiger partial charge in [0.1, 0.15) is 10.0 Å². The number of anilines is 2. The Morgan fingerprint density at radius 3 is 2.46 bits per heavy atom. The van der Waals surface area contributed by atoms with Crippen LogP contribution in [-0.4, -0.2) is 14.3 Å². The molecule has 0 unspecified atom stereocenters. The highest BCUT2D eigenvalue weighted by Gasteiger charge is 2.15. The summed E-state index contributed by atoms with van der Waals surface area (Å²) in [5, 5.41) is 4.32. The van der Waals surface area contributed by atoms with Crippen molar-refractivity contribution in [3.05, 3.63) is 76.9 Å². The summed E-state index contributed by atoms with van der Waals surface area (Å²) in [6, 6.07) is 13.3. The maximum atomic E-state index is 13.3. The third-order valence-corrected chi connectivity index (χ3v) is 6.39. The summed E-state index contributed by atoms with van der Waals surface area (Å²) in [6.07, 6.45) is 0. The minimum atomic E-state index is -3.64. The molecule has 0 atom stereocenters. The molecule has 0 saturated heterocycles. The second kappa shape index (κ2) is 7.27. The predicted octanol–water partition coefficient (Wildman–Crippen LogP) is 4.25. The van der Waals surface area contributed by atoms with Crippen LogP contribution in [0.3, 0.4) is 0 Å². The average Bonchev–Trinajstić information content (AvgIpc) is 3.14. The number of carbonyl (C=O) groups excluding carboxylic acids is 1. The van der Waals surface area contributed by atoms with Crippen LogP contribution in [0.5, 0.6) is 0 Å². The maximum absolute atomic E-state index is 13.3. The molecule has 0 aliphatic heterocycles. The number of nitrogens with one attached hydrogen (secondary N) is 2. The Balaban J connectivity index is 1.73. The third-order valence-electron chi connectivity index (χ3n) is 3.61. The fourth-order valence-corrected chi connectivity index (χ4v) is 4.29. The van der Waals surface area contributed by atoms with Crippen molar-refractivity contribution in [2.24, 2.45) is 0 Å². The summed E-state index contributed by atoms with van der Waals surface area (Å²) < 4.78 is 40.3. The van der Waals surface area contributed by atoms with Crippen LogP contribution in [0.4, 0.5) is 15.8 Å². The van der Waals surface area contributed by atoms with Crippen LogP contribution in [0.2, 0.25) is 0 Å². The zero-order valence-corrected chi connectivity index (χ0v) is 15.3. The Bertz CT molecular complexity index is 1030. The molecule has 0 aliphatic rings. The van der Waals surface area contributed by atoms with Crippen LogP contribution < -0.4 is 10.0 Å². The van der Waals surface area contributed by atoms with Gasteiger partial charge in [0.25, 0.3) is 15.9 Å². The lowest BCUT2D eigenvalue weighted by Gasteiger charge is -2.10. The SMILES string of the molecule is Cc1ccc(F)cc1NC(=O)c1ccc(NS(=O)(=O)c2cccs2)cc1. The van der Waals surface area contributed by atoms with E-state index in [9.17, 15) is 17.6 Å². The van der Waals surface area contributed by atoms with Gasteiger partial charge in [-0.3, -0.25) is 9.52 Å². The van der Waals surface area contributed by atoms with Gasteiger partial charge in [0.2, 0.25) is 0 Å². The number of rotatable bonds is 5. The first kappa shape index (κ1) is 18.1. The number of sulfonamides is 1. The van der Waals surface area contributed by atoms with Crippen LogP contribution in [0, 0.1) is 12.7 Å². The Hall–Kier alpha value is -2.71. The minimum absolute atomic E-state index is 0.209. The van der Waals surface area contributed by atoms with E-state index in [0.717, 1.165) is 16.9 Å². The van der Waals surface area contributed by atoms with Gasteiger partial charge in [-0.25, -0.2) is 12.8 Å². The van der Waals surface area contributed by atoms with E-state index in [-0.39, 0.29) is 4.21 Å². The molecule has 5 nitrogen and oxygen atoms in total. The Kier molecular flexibility index (Phi) is 5.06. The summed E-state index contributed by atoms with van der Waals surface area (Å²) in [5.74, 6) is -0.851. The van der Waals surface area contributed by atoms with E-state index in [2.05, 4.69) is 10.0 Å². The number of hydrogen-bond acceptors (Lipinski definition) is 4. The first-order valence-electron chi connectivity index (χ1n) is 7.59. The lowest BCUT2D eigenvalue weighted by Crippen LogP contribution is -2.14. The molecule has 0 saturated carbocycles. The summed E-state index contributed by atoms with van der Waals surface area (Å²) in [5.41, 5.74) is 1.79. The van der Waals surface area contributed by atoms with Gasteiger partial charge in [0.05, 0.1) is 0 Å². The van der Waals surface area contributed by atoms with Crippen LogP contribution in [0.25, 0.3) is 0 Å². The van der Waals surface area contributed by atoms with Gasteiger partial charge < -0.3 is 5.32 Å². The summed E-state index contributed by atoms with van der Waals surface area (Å²) >= 11 is 1.12. The molecule has 0 fully saturated rings. The van der Waals surface area contributed by atoms with Crippen molar-refractivity contribution in [3.63, 3.8) is 0 Å². The van der Waals surface area contributed by atoms with Gasteiger partial charge in [-0.05, 0) is 60.3 Å². The molecule has 26 heavy (non-hydrogen) atoms. The smallest absolute Gasteiger partial charge is 0.271 e. The van der Waals surface area contributed by atoms with E-state index in [1.54, 1.807) is 24.4 Å². The van der Waals surface area contributed by atoms with Gasteiger partial charge in [0.15, 0.2) is 0 Å². The molecule has 2 aromatic carbocycles. The van der Waals surface area contributed by atoms with Gasteiger partial charge in [-0.2, -0.15) is 0 Å². The van der Waals surface area contributed by atoms with Gasteiger partial charge in [-0.1, -0.05) is 12.1 Å². The fourth-order valence-electron chi connectivity index (χ4n) is 2.23. The third kappa shape index (κ3) is 4.09. The van der Waals surface area contributed by atoms with Crippen molar-refractivity contribution in [2.45, 2.75) is 11.1 Å². The normalized spacial score (nSPS) is 11.2. The highest BCUT2D eigenvalue weighted by atomic mass is 32.2. The lowest BCUT2D eigenvalue weighted by molar-refractivity contribution is 0.102. The van der Waals surface area contributed by atoms with E-state index < -0.39 is 21.7 Å². The number of hydrogen-bond donors (Lipinski definition) is 2. The first-order chi connectivity index (χ1) is 12.3. The molecule has 0 bridgehead atoms. The van der Waals surface area contributed by atoms with E-state index in [1.165, 1.54) is 42.5 Å². The van der Waals surface area contributed by atoms with Crippen LogP contribution in [0.15, 0.2) is 64.2 Å². The zero-order valence-electron chi connectivity index (χ0n) is 13.7. The van der Waals surface area contributed by atoms with E-state index >= 15 is 0 Å². The molecule has 134 valence electrons. The van der Waals surface area contributed by atoms with Gasteiger partial charge in [0, 0.05) is 16.9 Å². The number of aryl methyl sites for hydroxylation is 1. The van der Waals surface area contributed by atoms with E-state index in [0.29, 0.717) is 16.9 Å². The Labute approximate surface area is 154 Å². The summed E-state index contributed by atoms with van der Waals surface area (Å²) in [4.78, 5) is 12.3. The van der Waals surface area contributed by atoms with Crippen molar-refractivity contribution in [2.75, 3.05) is 10.0 Å². The molecule has 0 radical (unpaired) electrons. The molecule has 1 aromatic heterocycles. The molecule has 3 aromatic rings. The highest BCUT2D eigenvalue weighted by Crippen LogP contribution is 2.21. The quantitative estimate of drug-likeness (QED) is 0.684. The monoisotopic (exact) mass is 390 g/mol. The van der Waals surface area contributed by atoms with Gasteiger partial charge in [-0.15, -0.1) is 11.3 Å². The number of benzene rings is 2. The molecule has 1 amide bonds. The summed E-state index contributed by atoms with van der Waals surface area (Å²) in [6.45, 7) is 1.76. The predicted molar refractivity (Wildman–Crippen MR) is 101 cm³/mol. The van der Waals surface area contributed by atoms with Crippen molar-refractivity contribution < 1.29 is 17.6 Å². The molecular formula is C18H15FN2O3S2. The van der Waals surface area contributed by atoms with Crippen molar-refractivity contribution in [1.82, 2.24) is 0 Å².